The van der Waals surface area contributed by atoms with Gasteiger partial charge >= 0.3 is 0 Å². The smallest absolute Gasteiger partial charge is 0.249 e. The lowest BCUT2D eigenvalue weighted by Gasteiger charge is -2.13. The topological polar surface area (TPSA) is 82.8 Å². The van der Waals surface area contributed by atoms with Crippen LogP contribution in [0.25, 0.3) is 0 Å². The average molecular weight is 336 g/mol. The van der Waals surface area contributed by atoms with Crippen molar-refractivity contribution >= 4 is 5.91 Å². The summed E-state index contributed by atoms with van der Waals surface area (Å²) in [6.45, 7) is 5.35. The maximum Gasteiger partial charge on any atom is 0.249 e. The molecule has 0 radical (unpaired) electrons. The van der Waals surface area contributed by atoms with Gasteiger partial charge in [0.05, 0.1) is 25.9 Å². The molecule has 0 aromatic heterocycles. The van der Waals surface area contributed by atoms with E-state index < -0.39 is 0 Å². The highest BCUT2D eigenvalue weighted by Gasteiger charge is 2.29. The zero-order valence-electron chi connectivity index (χ0n) is 14.3. The number of hydrogen-bond donors (Lipinski definition) is 2. The minimum absolute atomic E-state index is 0.0120. The van der Waals surface area contributed by atoms with Crippen molar-refractivity contribution in [3.8, 4) is 0 Å². The number of amides is 1. The summed E-state index contributed by atoms with van der Waals surface area (Å²) in [5, 5.41) is 2.93. The predicted octanol–water partition coefficient (Wildman–Crippen LogP) is 1.36. The number of hydrogen-bond acceptors (Lipinski definition) is 5. The third-order valence-electron chi connectivity index (χ3n) is 3.97. The monoisotopic (exact) mass is 336 g/mol. The normalized spacial score (nSPS) is 20.2. The molecule has 0 spiro atoms. The van der Waals surface area contributed by atoms with E-state index in [2.05, 4.69) is 5.32 Å². The summed E-state index contributed by atoms with van der Waals surface area (Å²) in [6, 6.07) is 8.01. The highest BCUT2D eigenvalue weighted by atomic mass is 16.5. The largest absolute Gasteiger partial charge is 0.379 e. The van der Waals surface area contributed by atoms with Crippen LogP contribution < -0.4 is 11.1 Å². The van der Waals surface area contributed by atoms with Crippen LogP contribution in [0.4, 0.5) is 0 Å². The van der Waals surface area contributed by atoms with Gasteiger partial charge in [-0.05, 0) is 30.9 Å². The molecule has 0 saturated carbocycles. The number of benzene rings is 1. The second kappa shape index (κ2) is 10.4. The SMILES string of the molecule is CCOCCOCc1cccc(CNC(=O)[C@@H]2CC[C@H](CN)O2)c1. The molecule has 2 rings (SSSR count). The molecule has 1 aromatic rings. The standard InChI is InChI=1S/C18H28N2O4/c1-2-22-8-9-23-13-15-5-3-4-14(10-15)12-20-18(21)17-7-6-16(11-19)24-17/h3-5,10,16-17H,2,6-9,11-13,19H2,1H3,(H,20,21)/t16-,17+/m1/s1. The molecule has 1 heterocycles. The predicted molar refractivity (Wildman–Crippen MR) is 91.4 cm³/mol. The van der Waals surface area contributed by atoms with Crippen LogP contribution in [0.2, 0.25) is 0 Å². The lowest BCUT2D eigenvalue weighted by molar-refractivity contribution is -0.132. The van der Waals surface area contributed by atoms with Gasteiger partial charge in [-0.1, -0.05) is 24.3 Å². The van der Waals surface area contributed by atoms with Crippen molar-refractivity contribution in [3.63, 3.8) is 0 Å². The van der Waals surface area contributed by atoms with E-state index in [-0.39, 0.29) is 18.1 Å². The van der Waals surface area contributed by atoms with Crippen LogP contribution in [0.3, 0.4) is 0 Å². The van der Waals surface area contributed by atoms with Gasteiger partial charge in [0.2, 0.25) is 5.91 Å². The van der Waals surface area contributed by atoms with Crippen molar-refractivity contribution in [2.75, 3.05) is 26.4 Å². The molecular weight excluding hydrogens is 308 g/mol. The zero-order valence-corrected chi connectivity index (χ0v) is 14.3. The Morgan fingerprint density at radius 2 is 2.08 bits per heavy atom. The van der Waals surface area contributed by atoms with Crippen molar-refractivity contribution in [1.82, 2.24) is 5.32 Å². The Kier molecular flexibility index (Phi) is 8.18. The summed E-state index contributed by atoms with van der Waals surface area (Å²) < 4.78 is 16.4. The van der Waals surface area contributed by atoms with Crippen LogP contribution in [-0.2, 0) is 32.2 Å². The van der Waals surface area contributed by atoms with Gasteiger partial charge in [-0.25, -0.2) is 0 Å². The summed E-state index contributed by atoms with van der Waals surface area (Å²) in [6.07, 6.45) is 1.23. The van der Waals surface area contributed by atoms with Gasteiger partial charge in [0.1, 0.15) is 6.10 Å². The zero-order chi connectivity index (χ0) is 17.2. The van der Waals surface area contributed by atoms with Gasteiger partial charge in [-0.2, -0.15) is 0 Å². The molecule has 1 fully saturated rings. The molecular formula is C18H28N2O4. The maximum atomic E-state index is 12.1. The molecule has 6 nitrogen and oxygen atoms in total. The summed E-state index contributed by atoms with van der Waals surface area (Å²) in [4.78, 5) is 12.1. The molecule has 1 aliphatic rings. The van der Waals surface area contributed by atoms with E-state index in [0.717, 1.165) is 24.0 Å². The minimum Gasteiger partial charge on any atom is -0.379 e. The lowest BCUT2D eigenvalue weighted by Crippen LogP contribution is -2.35. The van der Waals surface area contributed by atoms with Crippen molar-refractivity contribution in [2.24, 2.45) is 5.73 Å². The van der Waals surface area contributed by atoms with Crippen molar-refractivity contribution in [3.05, 3.63) is 35.4 Å². The third kappa shape index (κ3) is 6.20. The number of rotatable bonds is 10. The second-order valence-electron chi connectivity index (χ2n) is 5.85. The first-order valence-electron chi connectivity index (χ1n) is 8.59. The minimum atomic E-state index is -0.372. The van der Waals surface area contributed by atoms with Gasteiger partial charge in [0.25, 0.3) is 0 Å². The Morgan fingerprint density at radius 1 is 1.29 bits per heavy atom. The van der Waals surface area contributed by atoms with E-state index in [4.69, 9.17) is 19.9 Å². The summed E-state index contributed by atoms with van der Waals surface area (Å²) in [7, 11) is 0. The van der Waals surface area contributed by atoms with Crippen LogP contribution in [0.15, 0.2) is 24.3 Å². The molecule has 0 bridgehead atoms. The van der Waals surface area contributed by atoms with Crippen molar-refractivity contribution in [1.29, 1.82) is 0 Å². The van der Waals surface area contributed by atoms with E-state index >= 15 is 0 Å². The van der Waals surface area contributed by atoms with Gasteiger partial charge in [0.15, 0.2) is 0 Å². The summed E-state index contributed by atoms with van der Waals surface area (Å²) in [5.41, 5.74) is 7.69. The van der Waals surface area contributed by atoms with Crippen LogP contribution >= 0.6 is 0 Å². The van der Waals surface area contributed by atoms with E-state index in [1.165, 1.54) is 0 Å². The van der Waals surface area contributed by atoms with E-state index in [1.54, 1.807) is 0 Å². The Labute approximate surface area is 143 Å². The molecule has 134 valence electrons. The first-order valence-corrected chi connectivity index (χ1v) is 8.59. The fraction of sp³-hybridized carbons (Fsp3) is 0.611. The first kappa shape index (κ1) is 18.9. The number of carbonyl (C=O) groups is 1. The highest BCUT2D eigenvalue weighted by Crippen LogP contribution is 2.19. The number of ether oxygens (including phenoxy) is 3. The molecule has 2 atom stereocenters. The third-order valence-corrected chi connectivity index (χ3v) is 3.97. The fourth-order valence-electron chi connectivity index (χ4n) is 2.66. The molecule has 3 N–H and O–H groups in total. The number of nitrogens with one attached hydrogen (secondary N) is 1. The number of nitrogens with two attached hydrogens (primary N) is 1. The Balaban J connectivity index is 1.72. The quantitative estimate of drug-likeness (QED) is 0.631. The molecule has 1 aliphatic heterocycles. The van der Waals surface area contributed by atoms with Crippen LogP contribution in [0.5, 0.6) is 0 Å². The first-order chi connectivity index (χ1) is 11.7. The fourth-order valence-corrected chi connectivity index (χ4v) is 2.66. The maximum absolute atomic E-state index is 12.1. The molecule has 1 amide bonds. The van der Waals surface area contributed by atoms with Crippen LogP contribution in [-0.4, -0.2) is 44.5 Å². The average Bonchev–Trinajstić information content (AvgIpc) is 3.09. The Morgan fingerprint density at radius 3 is 2.83 bits per heavy atom. The second-order valence-corrected chi connectivity index (χ2v) is 5.85. The van der Waals surface area contributed by atoms with E-state index in [1.807, 2.05) is 31.2 Å². The highest BCUT2D eigenvalue weighted by molar-refractivity contribution is 5.81. The van der Waals surface area contributed by atoms with Crippen molar-refractivity contribution in [2.45, 2.75) is 45.1 Å². The van der Waals surface area contributed by atoms with E-state index in [9.17, 15) is 4.79 Å². The van der Waals surface area contributed by atoms with E-state index in [0.29, 0.717) is 39.5 Å². The lowest BCUT2D eigenvalue weighted by atomic mass is 10.1. The molecule has 1 aromatic carbocycles. The van der Waals surface area contributed by atoms with Crippen molar-refractivity contribution < 1.29 is 19.0 Å². The van der Waals surface area contributed by atoms with Crippen LogP contribution in [0.1, 0.15) is 30.9 Å². The van der Waals surface area contributed by atoms with Gasteiger partial charge < -0.3 is 25.3 Å². The number of carbonyl (C=O) groups excluding carboxylic acids is 1. The van der Waals surface area contributed by atoms with Crippen LogP contribution in [0, 0.1) is 0 Å². The molecule has 1 saturated heterocycles. The molecule has 6 heteroatoms. The molecule has 0 aliphatic carbocycles. The summed E-state index contributed by atoms with van der Waals surface area (Å²) in [5.74, 6) is -0.0654. The van der Waals surface area contributed by atoms with Gasteiger partial charge in [-0.3, -0.25) is 4.79 Å². The Bertz CT molecular complexity index is 510. The summed E-state index contributed by atoms with van der Waals surface area (Å²) >= 11 is 0. The Hall–Kier alpha value is -1.47. The molecule has 24 heavy (non-hydrogen) atoms. The van der Waals surface area contributed by atoms with Gasteiger partial charge in [0, 0.05) is 19.7 Å². The molecule has 0 unspecified atom stereocenters. The van der Waals surface area contributed by atoms with Gasteiger partial charge in [-0.15, -0.1) is 0 Å².